The molecule has 0 spiro atoms. The molecule has 0 unspecified atom stereocenters. The van der Waals surface area contributed by atoms with Crippen molar-refractivity contribution < 1.29 is 18.0 Å². The molecule has 1 aliphatic heterocycles. The predicted octanol–water partition coefficient (Wildman–Crippen LogP) is 2.84. The van der Waals surface area contributed by atoms with Crippen LogP contribution in [0.3, 0.4) is 0 Å². The summed E-state index contributed by atoms with van der Waals surface area (Å²) in [6.07, 6.45) is 1.76. The van der Waals surface area contributed by atoms with Crippen LogP contribution in [0.1, 0.15) is 33.7 Å². The molecule has 2 N–H and O–H groups in total. The van der Waals surface area contributed by atoms with Gasteiger partial charge in [-0.15, -0.1) is 0 Å². The van der Waals surface area contributed by atoms with Crippen LogP contribution in [0.5, 0.6) is 0 Å². The standard InChI is InChI=1S/C22H21F3N8O/c23-22(24,25)5-9-28-21(34)18-16-12-32(20-15-3-8-27-19(15)29-13-30-20)10-4-17(16)33(31-18)11-14-1-6-26-7-2-14/h1-3,6-8,13H,4-5,9-12H2,(H,28,34)(H,27,29,30). The van der Waals surface area contributed by atoms with E-state index in [4.69, 9.17) is 0 Å². The van der Waals surface area contributed by atoms with Crippen molar-refractivity contribution >= 4 is 22.8 Å². The Kier molecular flexibility index (Phi) is 5.64. The minimum atomic E-state index is -4.35. The number of pyridine rings is 1. The Morgan fingerprint density at radius 3 is 2.79 bits per heavy atom. The Bertz CT molecular complexity index is 1310. The molecule has 0 aliphatic carbocycles. The zero-order chi connectivity index (χ0) is 23.7. The van der Waals surface area contributed by atoms with Gasteiger partial charge >= 0.3 is 6.18 Å². The van der Waals surface area contributed by atoms with Gasteiger partial charge in [0.2, 0.25) is 0 Å². The van der Waals surface area contributed by atoms with Crippen molar-refractivity contribution in [2.24, 2.45) is 0 Å². The Morgan fingerprint density at radius 1 is 1.18 bits per heavy atom. The zero-order valence-electron chi connectivity index (χ0n) is 18.0. The number of amides is 1. The van der Waals surface area contributed by atoms with Gasteiger partial charge < -0.3 is 15.2 Å². The molecule has 0 saturated heterocycles. The first-order valence-electron chi connectivity index (χ1n) is 10.7. The summed E-state index contributed by atoms with van der Waals surface area (Å²) in [6.45, 7) is 0.913. The van der Waals surface area contributed by atoms with Crippen molar-refractivity contribution in [1.82, 2.24) is 35.0 Å². The number of anilines is 1. The van der Waals surface area contributed by atoms with E-state index >= 15 is 0 Å². The number of hydrogen-bond donors (Lipinski definition) is 2. The molecule has 5 rings (SSSR count). The summed E-state index contributed by atoms with van der Waals surface area (Å²) in [5.41, 5.74) is 3.36. The lowest BCUT2D eigenvalue weighted by Crippen LogP contribution is -2.34. The second-order valence-electron chi connectivity index (χ2n) is 8.02. The van der Waals surface area contributed by atoms with Gasteiger partial charge in [0.1, 0.15) is 17.8 Å². The summed E-state index contributed by atoms with van der Waals surface area (Å²) in [6, 6.07) is 5.60. The summed E-state index contributed by atoms with van der Waals surface area (Å²) in [7, 11) is 0. The average molecular weight is 470 g/mol. The molecule has 5 heterocycles. The van der Waals surface area contributed by atoms with Gasteiger partial charge in [-0.3, -0.25) is 14.5 Å². The number of fused-ring (bicyclic) bond motifs is 2. The number of carbonyl (C=O) groups excluding carboxylic acids is 1. The van der Waals surface area contributed by atoms with Gasteiger partial charge in [0.25, 0.3) is 5.91 Å². The van der Waals surface area contributed by atoms with Gasteiger partial charge in [-0.25, -0.2) is 9.97 Å². The quantitative estimate of drug-likeness (QED) is 0.449. The summed E-state index contributed by atoms with van der Waals surface area (Å²) >= 11 is 0. The summed E-state index contributed by atoms with van der Waals surface area (Å²) in [5.74, 6) is 0.104. The average Bonchev–Trinajstić information content (AvgIpc) is 3.43. The number of nitrogens with zero attached hydrogens (tertiary/aromatic N) is 6. The first kappa shape index (κ1) is 21.9. The number of nitrogens with one attached hydrogen (secondary N) is 2. The van der Waals surface area contributed by atoms with E-state index in [0.717, 1.165) is 22.5 Å². The van der Waals surface area contributed by atoms with Crippen LogP contribution < -0.4 is 10.2 Å². The van der Waals surface area contributed by atoms with E-state index < -0.39 is 25.0 Å². The van der Waals surface area contributed by atoms with Gasteiger partial charge in [0.15, 0.2) is 5.69 Å². The van der Waals surface area contributed by atoms with E-state index in [1.54, 1.807) is 23.3 Å². The summed E-state index contributed by atoms with van der Waals surface area (Å²) in [5, 5.41) is 7.74. The highest BCUT2D eigenvalue weighted by molar-refractivity contribution is 5.94. The van der Waals surface area contributed by atoms with Crippen LogP contribution in [0, 0.1) is 0 Å². The monoisotopic (exact) mass is 470 g/mol. The number of alkyl halides is 3. The Morgan fingerprint density at radius 2 is 2.00 bits per heavy atom. The Labute approximate surface area is 192 Å². The van der Waals surface area contributed by atoms with Crippen LogP contribution in [0.2, 0.25) is 0 Å². The molecule has 0 bridgehead atoms. The number of aromatic nitrogens is 6. The molecule has 34 heavy (non-hydrogen) atoms. The van der Waals surface area contributed by atoms with Crippen LogP contribution in [-0.2, 0) is 19.5 Å². The zero-order valence-corrected chi connectivity index (χ0v) is 18.0. The second-order valence-corrected chi connectivity index (χ2v) is 8.02. The van der Waals surface area contributed by atoms with E-state index in [1.807, 2.05) is 23.1 Å². The fraction of sp³-hybridized carbons (Fsp3) is 0.318. The van der Waals surface area contributed by atoms with Crippen LogP contribution in [0.15, 0.2) is 43.1 Å². The number of carbonyl (C=O) groups is 1. The number of aromatic amines is 1. The number of halogens is 3. The lowest BCUT2D eigenvalue weighted by Gasteiger charge is -2.29. The minimum absolute atomic E-state index is 0.135. The van der Waals surface area contributed by atoms with Crippen molar-refractivity contribution in [3.63, 3.8) is 0 Å². The molecular formula is C22H21F3N8O. The third kappa shape index (κ3) is 4.43. The maximum atomic E-state index is 12.9. The van der Waals surface area contributed by atoms with Gasteiger partial charge in [0, 0.05) is 55.9 Å². The van der Waals surface area contributed by atoms with E-state index in [0.29, 0.717) is 37.3 Å². The molecule has 12 heteroatoms. The van der Waals surface area contributed by atoms with Gasteiger partial charge in [-0.1, -0.05) is 0 Å². The molecular weight excluding hydrogens is 449 g/mol. The van der Waals surface area contributed by atoms with E-state index in [1.165, 1.54) is 6.33 Å². The Hall–Kier alpha value is -3.96. The van der Waals surface area contributed by atoms with Crippen LogP contribution >= 0.6 is 0 Å². The molecule has 9 nitrogen and oxygen atoms in total. The van der Waals surface area contributed by atoms with Crippen molar-refractivity contribution in [3.8, 4) is 0 Å². The summed E-state index contributed by atoms with van der Waals surface area (Å²) < 4.78 is 39.5. The second kappa shape index (κ2) is 8.76. The van der Waals surface area contributed by atoms with Crippen molar-refractivity contribution in [2.45, 2.75) is 32.1 Å². The molecule has 176 valence electrons. The Balaban J connectivity index is 1.46. The predicted molar refractivity (Wildman–Crippen MR) is 117 cm³/mol. The van der Waals surface area contributed by atoms with Gasteiger partial charge in [-0.2, -0.15) is 18.3 Å². The molecule has 0 saturated carbocycles. The molecule has 4 aromatic rings. The molecule has 4 aromatic heterocycles. The van der Waals surface area contributed by atoms with Crippen LogP contribution in [0.4, 0.5) is 19.0 Å². The number of hydrogen-bond acceptors (Lipinski definition) is 6. The topological polar surface area (TPSA) is 105 Å². The molecule has 1 amide bonds. The largest absolute Gasteiger partial charge is 0.390 e. The number of H-pyrrole nitrogens is 1. The highest BCUT2D eigenvalue weighted by Gasteiger charge is 2.31. The van der Waals surface area contributed by atoms with E-state index in [2.05, 4.69) is 30.4 Å². The molecule has 0 aromatic carbocycles. The SMILES string of the molecule is O=C(NCCC(F)(F)F)c1nn(Cc2ccncc2)c2c1CN(c1ncnc3[nH]ccc13)CC2. The smallest absolute Gasteiger partial charge is 0.351 e. The molecule has 0 atom stereocenters. The lowest BCUT2D eigenvalue weighted by atomic mass is 10.0. The van der Waals surface area contributed by atoms with Crippen molar-refractivity contribution in [1.29, 1.82) is 0 Å². The van der Waals surface area contributed by atoms with Crippen LogP contribution in [0.25, 0.3) is 11.0 Å². The molecule has 0 radical (unpaired) electrons. The van der Waals surface area contributed by atoms with Crippen molar-refractivity contribution in [3.05, 3.63) is 65.6 Å². The van der Waals surface area contributed by atoms with Gasteiger partial charge in [0.05, 0.1) is 18.4 Å². The van der Waals surface area contributed by atoms with E-state index in [9.17, 15) is 18.0 Å². The normalized spacial score (nSPS) is 13.8. The van der Waals surface area contributed by atoms with Crippen LogP contribution in [-0.4, -0.2) is 54.9 Å². The maximum Gasteiger partial charge on any atom is 0.390 e. The van der Waals surface area contributed by atoms with Crippen molar-refractivity contribution in [2.75, 3.05) is 18.0 Å². The lowest BCUT2D eigenvalue weighted by molar-refractivity contribution is -0.133. The summed E-state index contributed by atoms with van der Waals surface area (Å²) in [4.78, 5) is 30.6. The fourth-order valence-electron chi connectivity index (χ4n) is 4.16. The third-order valence-corrected chi connectivity index (χ3v) is 5.76. The maximum absolute atomic E-state index is 12.9. The fourth-order valence-corrected chi connectivity index (χ4v) is 4.16. The van der Waals surface area contributed by atoms with E-state index in [-0.39, 0.29) is 5.69 Å². The molecule has 1 aliphatic rings. The minimum Gasteiger partial charge on any atom is -0.351 e. The molecule has 0 fully saturated rings. The highest BCUT2D eigenvalue weighted by atomic mass is 19.4. The number of rotatable bonds is 6. The third-order valence-electron chi connectivity index (χ3n) is 5.76. The van der Waals surface area contributed by atoms with Gasteiger partial charge in [-0.05, 0) is 23.8 Å². The first-order valence-corrected chi connectivity index (χ1v) is 10.7. The highest BCUT2D eigenvalue weighted by Crippen LogP contribution is 2.30. The first-order chi connectivity index (χ1) is 16.4.